The first-order chi connectivity index (χ1) is 15.3. The molecule has 4 N–H and O–H groups in total. The summed E-state index contributed by atoms with van der Waals surface area (Å²) in [5.74, 6) is 0.970. The molecule has 1 aliphatic heterocycles. The molecule has 0 spiro atoms. The van der Waals surface area contributed by atoms with Gasteiger partial charge >= 0.3 is 10.2 Å². The van der Waals surface area contributed by atoms with Crippen LogP contribution in [0.4, 0.5) is 11.5 Å². The van der Waals surface area contributed by atoms with E-state index in [9.17, 15) is 13.2 Å². The Balaban J connectivity index is 1.87. The number of hydrogen-bond acceptors (Lipinski definition) is 7. The average molecular weight is 461 g/mol. The van der Waals surface area contributed by atoms with Crippen LogP contribution < -0.4 is 20.5 Å². The van der Waals surface area contributed by atoms with Crippen molar-refractivity contribution in [3.8, 4) is 5.75 Å². The average Bonchev–Trinajstić information content (AvgIpc) is 2.78. The van der Waals surface area contributed by atoms with Gasteiger partial charge in [0, 0.05) is 19.8 Å². The fourth-order valence-corrected chi connectivity index (χ4v) is 4.56. The largest absolute Gasteiger partial charge is 0.490 e. The van der Waals surface area contributed by atoms with Gasteiger partial charge in [-0.3, -0.25) is 9.52 Å². The van der Waals surface area contributed by atoms with Crippen molar-refractivity contribution < 1.29 is 17.9 Å². The maximum atomic E-state index is 12.1. The van der Waals surface area contributed by atoms with Gasteiger partial charge in [-0.2, -0.15) is 8.42 Å². The van der Waals surface area contributed by atoms with Crippen molar-refractivity contribution in [1.82, 2.24) is 9.88 Å². The topological polar surface area (TPSA) is 139 Å². The molecule has 0 saturated heterocycles. The number of aromatic nitrogens is 1. The molecule has 0 atom stereocenters. The van der Waals surface area contributed by atoms with Crippen LogP contribution in [0.25, 0.3) is 0 Å². The molecule has 0 fully saturated rings. The minimum absolute atomic E-state index is 0.142. The van der Waals surface area contributed by atoms with Crippen LogP contribution in [0.3, 0.4) is 0 Å². The van der Waals surface area contributed by atoms with Gasteiger partial charge in [-0.25, -0.2) is 4.98 Å². The molecule has 1 aromatic heterocycles. The number of benzene rings is 1. The summed E-state index contributed by atoms with van der Waals surface area (Å²) in [5.41, 5.74) is 6.95. The number of nitrogens with zero attached hydrogens (tertiary/aromatic N) is 3. The summed E-state index contributed by atoms with van der Waals surface area (Å²) in [7, 11) is -2.09. The first-order valence-corrected chi connectivity index (χ1v) is 11.7. The normalized spacial score (nSPS) is 14.5. The predicted octanol–water partition coefficient (Wildman–Crippen LogP) is 2.10. The number of amides is 1. The second kappa shape index (κ2) is 9.43. The van der Waals surface area contributed by atoms with E-state index in [1.807, 2.05) is 26.0 Å². The maximum Gasteiger partial charge on any atom is 0.344 e. The van der Waals surface area contributed by atoms with Crippen LogP contribution in [0.5, 0.6) is 5.75 Å². The van der Waals surface area contributed by atoms with Gasteiger partial charge in [0.1, 0.15) is 18.2 Å². The van der Waals surface area contributed by atoms with Crippen molar-refractivity contribution >= 4 is 34.0 Å². The Labute approximate surface area is 188 Å². The zero-order chi connectivity index (χ0) is 23.4. The minimum atomic E-state index is -3.88. The number of ether oxygens (including phenoxy) is 1. The quantitative estimate of drug-likeness (QED) is 0.461. The number of rotatable bonds is 10. The Morgan fingerprint density at radius 3 is 2.69 bits per heavy atom. The number of carbonyl (C=O) groups is 1. The Bertz CT molecular complexity index is 1120. The summed E-state index contributed by atoms with van der Waals surface area (Å²) in [4.78, 5) is 18.1. The third-order valence-corrected chi connectivity index (χ3v) is 6.64. The smallest absolute Gasteiger partial charge is 0.344 e. The number of nitrogens with two attached hydrogens (primary N) is 1. The third kappa shape index (κ3) is 4.77. The SMILES string of the molecule is CCC(CC)(COc1cccc2c1C(N)=NS(=O)(=O)N2)N(C=O)Cc1ccnc(NC)c1. The van der Waals surface area contributed by atoms with Crippen LogP contribution in [-0.4, -0.2) is 49.7 Å². The Morgan fingerprint density at radius 1 is 1.28 bits per heavy atom. The highest BCUT2D eigenvalue weighted by Gasteiger charge is 2.35. The van der Waals surface area contributed by atoms with Gasteiger partial charge in [0.25, 0.3) is 0 Å². The summed E-state index contributed by atoms with van der Waals surface area (Å²) in [6.45, 7) is 4.58. The number of amidine groups is 1. The van der Waals surface area contributed by atoms with Crippen LogP contribution >= 0.6 is 0 Å². The highest BCUT2D eigenvalue weighted by Crippen LogP contribution is 2.33. The molecule has 3 rings (SSSR count). The number of anilines is 2. The molecule has 1 aromatic carbocycles. The van der Waals surface area contributed by atoms with Crippen molar-refractivity contribution in [2.24, 2.45) is 10.1 Å². The lowest BCUT2D eigenvalue weighted by Crippen LogP contribution is -2.51. The Morgan fingerprint density at radius 2 is 2.03 bits per heavy atom. The van der Waals surface area contributed by atoms with Gasteiger partial charge in [0.15, 0.2) is 5.84 Å². The number of carbonyl (C=O) groups excluding carboxylic acids is 1. The zero-order valence-corrected chi connectivity index (χ0v) is 19.1. The maximum absolute atomic E-state index is 12.1. The molecule has 0 aliphatic carbocycles. The second-order valence-electron chi connectivity index (χ2n) is 7.49. The fourth-order valence-electron chi connectivity index (χ4n) is 3.72. The van der Waals surface area contributed by atoms with Gasteiger partial charge in [-0.1, -0.05) is 19.9 Å². The van der Waals surface area contributed by atoms with E-state index in [0.29, 0.717) is 36.4 Å². The number of hydrogen-bond donors (Lipinski definition) is 3. The molecule has 2 heterocycles. The van der Waals surface area contributed by atoms with Crippen molar-refractivity contribution in [3.63, 3.8) is 0 Å². The molecule has 172 valence electrons. The molecule has 1 aliphatic rings. The molecule has 1 amide bonds. The molecular formula is C21H28N6O4S. The number of nitrogens with one attached hydrogen (secondary N) is 2. The van der Waals surface area contributed by atoms with E-state index in [1.165, 1.54) is 0 Å². The minimum Gasteiger partial charge on any atom is -0.490 e. The van der Waals surface area contributed by atoms with E-state index in [2.05, 4.69) is 19.4 Å². The molecule has 0 unspecified atom stereocenters. The number of fused-ring (bicyclic) bond motifs is 1. The molecule has 32 heavy (non-hydrogen) atoms. The summed E-state index contributed by atoms with van der Waals surface area (Å²) >= 11 is 0. The highest BCUT2D eigenvalue weighted by molar-refractivity contribution is 7.91. The highest BCUT2D eigenvalue weighted by atomic mass is 32.2. The van der Waals surface area contributed by atoms with E-state index in [0.717, 1.165) is 17.8 Å². The molecule has 0 saturated carbocycles. The standard InChI is InChI=1S/C21H28N6O4S/c1-4-21(5-2,27(14-28)12-15-9-10-24-18(11-15)23-3)13-31-17-8-6-7-16-19(17)20(22)26-32(29,30)25-16/h6-11,14,25H,4-5,12-13H2,1-3H3,(H2,22,26)(H,23,24). The molecule has 0 bridgehead atoms. The monoisotopic (exact) mass is 460 g/mol. The van der Waals surface area contributed by atoms with E-state index < -0.39 is 15.7 Å². The summed E-state index contributed by atoms with van der Waals surface area (Å²) in [6.07, 6.45) is 3.83. The molecule has 2 aromatic rings. The van der Waals surface area contributed by atoms with Crippen molar-refractivity contribution in [2.45, 2.75) is 38.8 Å². The molecule has 11 heteroatoms. The zero-order valence-electron chi connectivity index (χ0n) is 18.3. The fraction of sp³-hybridized carbons (Fsp3) is 0.381. The Hall–Kier alpha value is -3.34. The van der Waals surface area contributed by atoms with Gasteiger partial charge in [0.05, 0.1) is 16.8 Å². The second-order valence-corrected chi connectivity index (χ2v) is 8.82. The van der Waals surface area contributed by atoms with Crippen molar-refractivity contribution in [3.05, 3.63) is 47.7 Å². The van der Waals surface area contributed by atoms with Gasteiger partial charge in [-0.15, -0.1) is 4.40 Å². The summed E-state index contributed by atoms with van der Waals surface area (Å²) in [6, 6.07) is 8.72. The van der Waals surface area contributed by atoms with E-state index in [-0.39, 0.29) is 12.4 Å². The summed E-state index contributed by atoms with van der Waals surface area (Å²) < 4.78 is 35.6. The lowest BCUT2D eigenvalue weighted by Gasteiger charge is -2.41. The van der Waals surface area contributed by atoms with Crippen molar-refractivity contribution in [2.75, 3.05) is 23.7 Å². The molecule has 10 nitrogen and oxygen atoms in total. The van der Waals surface area contributed by atoms with Gasteiger partial charge in [-0.05, 0) is 42.7 Å². The summed E-state index contributed by atoms with van der Waals surface area (Å²) in [5, 5.41) is 3.00. The predicted molar refractivity (Wildman–Crippen MR) is 124 cm³/mol. The lowest BCUT2D eigenvalue weighted by molar-refractivity contribution is -0.127. The van der Waals surface area contributed by atoms with Crippen LogP contribution in [-0.2, 0) is 21.5 Å². The lowest BCUT2D eigenvalue weighted by atomic mass is 9.91. The van der Waals surface area contributed by atoms with Crippen LogP contribution in [0.2, 0.25) is 0 Å². The molecular weight excluding hydrogens is 432 g/mol. The van der Waals surface area contributed by atoms with E-state index >= 15 is 0 Å². The molecule has 0 radical (unpaired) electrons. The van der Waals surface area contributed by atoms with Crippen LogP contribution in [0.15, 0.2) is 40.9 Å². The van der Waals surface area contributed by atoms with Crippen LogP contribution in [0, 0.1) is 0 Å². The van der Waals surface area contributed by atoms with E-state index in [4.69, 9.17) is 10.5 Å². The van der Waals surface area contributed by atoms with Crippen LogP contribution in [0.1, 0.15) is 37.8 Å². The van der Waals surface area contributed by atoms with E-state index in [1.54, 1.807) is 36.3 Å². The Kier molecular flexibility index (Phi) is 6.87. The van der Waals surface area contributed by atoms with Gasteiger partial charge in [0.2, 0.25) is 6.41 Å². The first kappa shape index (κ1) is 23.3. The van der Waals surface area contributed by atoms with Crippen molar-refractivity contribution in [1.29, 1.82) is 0 Å². The third-order valence-electron chi connectivity index (χ3n) is 5.72. The first-order valence-electron chi connectivity index (χ1n) is 10.3. The number of pyridine rings is 1. The van der Waals surface area contributed by atoms with Gasteiger partial charge < -0.3 is 20.7 Å².